The van der Waals surface area contributed by atoms with Crippen molar-refractivity contribution in [2.24, 2.45) is 5.92 Å². The third-order valence-corrected chi connectivity index (χ3v) is 3.43. The summed E-state index contributed by atoms with van der Waals surface area (Å²) in [5.74, 6) is -0.378. The smallest absolute Gasteiger partial charge is 0.340 e. The minimum Gasteiger partial charge on any atom is -0.465 e. The minimum atomic E-state index is -0.521. The van der Waals surface area contributed by atoms with Crippen molar-refractivity contribution in [1.82, 2.24) is 5.32 Å². The van der Waals surface area contributed by atoms with Crippen LogP contribution in [-0.2, 0) is 4.74 Å². The Hall–Kier alpha value is -1.62. The first-order valence-corrected chi connectivity index (χ1v) is 6.53. The van der Waals surface area contributed by atoms with Gasteiger partial charge in [-0.15, -0.1) is 0 Å². The SMILES string of the molecule is COC(=O)c1cc(F)ccc1NCC1CCNCC1. The lowest BCUT2D eigenvalue weighted by molar-refractivity contribution is 0.0601. The normalized spacial score (nSPS) is 16.1. The first-order valence-electron chi connectivity index (χ1n) is 6.53. The van der Waals surface area contributed by atoms with Crippen molar-refractivity contribution in [3.05, 3.63) is 29.6 Å². The molecule has 0 spiro atoms. The van der Waals surface area contributed by atoms with Crippen LogP contribution in [0.15, 0.2) is 18.2 Å². The zero-order valence-corrected chi connectivity index (χ0v) is 11.0. The number of esters is 1. The van der Waals surface area contributed by atoms with E-state index in [0.717, 1.165) is 32.5 Å². The fraction of sp³-hybridized carbons (Fsp3) is 0.500. The zero-order chi connectivity index (χ0) is 13.7. The lowest BCUT2D eigenvalue weighted by Crippen LogP contribution is -2.31. The van der Waals surface area contributed by atoms with Crippen LogP contribution in [0, 0.1) is 11.7 Å². The molecule has 0 aromatic heterocycles. The molecule has 0 radical (unpaired) electrons. The molecular weight excluding hydrogens is 247 g/mol. The number of ether oxygens (including phenoxy) is 1. The van der Waals surface area contributed by atoms with Gasteiger partial charge < -0.3 is 15.4 Å². The number of rotatable bonds is 4. The predicted octanol–water partition coefficient (Wildman–Crippen LogP) is 2.02. The van der Waals surface area contributed by atoms with Gasteiger partial charge in [-0.2, -0.15) is 0 Å². The van der Waals surface area contributed by atoms with Gasteiger partial charge in [0.15, 0.2) is 0 Å². The number of anilines is 1. The molecule has 0 aliphatic carbocycles. The molecule has 1 saturated heterocycles. The lowest BCUT2D eigenvalue weighted by Gasteiger charge is -2.23. The van der Waals surface area contributed by atoms with Gasteiger partial charge in [-0.05, 0) is 50.0 Å². The summed E-state index contributed by atoms with van der Waals surface area (Å²) in [5, 5.41) is 6.54. The second-order valence-corrected chi connectivity index (χ2v) is 4.76. The van der Waals surface area contributed by atoms with Crippen LogP contribution in [-0.4, -0.2) is 32.7 Å². The van der Waals surface area contributed by atoms with E-state index in [1.165, 1.54) is 19.2 Å². The van der Waals surface area contributed by atoms with Gasteiger partial charge >= 0.3 is 5.97 Å². The highest BCUT2D eigenvalue weighted by atomic mass is 19.1. The molecular formula is C14H19FN2O2. The topological polar surface area (TPSA) is 50.4 Å². The number of benzene rings is 1. The number of carbonyl (C=O) groups excluding carboxylic acids is 1. The summed E-state index contributed by atoms with van der Waals surface area (Å²) in [6, 6.07) is 4.14. The minimum absolute atomic E-state index is 0.247. The van der Waals surface area contributed by atoms with Crippen LogP contribution in [0.5, 0.6) is 0 Å². The molecule has 0 saturated carbocycles. The van der Waals surface area contributed by atoms with Crippen molar-refractivity contribution in [1.29, 1.82) is 0 Å². The molecule has 0 unspecified atom stereocenters. The first-order chi connectivity index (χ1) is 9.20. The second-order valence-electron chi connectivity index (χ2n) is 4.76. The third kappa shape index (κ3) is 3.67. The Morgan fingerprint density at radius 2 is 2.21 bits per heavy atom. The van der Waals surface area contributed by atoms with Crippen molar-refractivity contribution in [2.45, 2.75) is 12.8 Å². The molecule has 0 bridgehead atoms. The van der Waals surface area contributed by atoms with E-state index in [1.807, 2.05) is 0 Å². The molecule has 0 amide bonds. The molecule has 104 valence electrons. The van der Waals surface area contributed by atoms with Gasteiger partial charge in [0.1, 0.15) is 5.82 Å². The van der Waals surface area contributed by atoms with Gasteiger partial charge in [0, 0.05) is 12.2 Å². The third-order valence-electron chi connectivity index (χ3n) is 3.43. The average molecular weight is 266 g/mol. The van der Waals surface area contributed by atoms with E-state index in [4.69, 9.17) is 0 Å². The van der Waals surface area contributed by atoms with Gasteiger partial charge in [-0.1, -0.05) is 0 Å². The summed E-state index contributed by atoms with van der Waals surface area (Å²) in [5.41, 5.74) is 0.878. The standard InChI is InChI=1S/C14H19FN2O2/c1-19-14(18)12-8-11(15)2-3-13(12)17-9-10-4-6-16-7-5-10/h2-3,8,10,16-17H,4-7,9H2,1H3. The summed E-state index contributed by atoms with van der Waals surface area (Å²) >= 11 is 0. The summed E-state index contributed by atoms with van der Waals surface area (Å²) in [7, 11) is 1.30. The lowest BCUT2D eigenvalue weighted by atomic mass is 9.98. The van der Waals surface area contributed by atoms with E-state index in [2.05, 4.69) is 15.4 Å². The Labute approximate surface area is 112 Å². The molecule has 1 aromatic rings. The number of hydrogen-bond donors (Lipinski definition) is 2. The van der Waals surface area contributed by atoms with Crippen molar-refractivity contribution < 1.29 is 13.9 Å². The molecule has 2 N–H and O–H groups in total. The monoisotopic (exact) mass is 266 g/mol. The van der Waals surface area contributed by atoms with Crippen LogP contribution in [0.3, 0.4) is 0 Å². The number of methoxy groups -OCH3 is 1. The summed E-state index contributed by atoms with van der Waals surface area (Å²) < 4.78 is 17.9. The molecule has 4 nitrogen and oxygen atoms in total. The van der Waals surface area contributed by atoms with Crippen LogP contribution in [0.1, 0.15) is 23.2 Å². The number of piperidine rings is 1. The van der Waals surface area contributed by atoms with Gasteiger partial charge in [0.2, 0.25) is 0 Å². The highest BCUT2D eigenvalue weighted by Gasteiger charge is 2.16. The second kappa shape index (κ2) is 6.52. The Balaban J connectivity index is 2.04. The van der Waals surface area contributed by atoms with Crippen LogP contribution in [0.2, 0.25) is 0 Å². The Bertz CT molecular complexity index is 445. The number of halogens is 1. The van der Waals surface area contributed by atoms with Crippen LogP contribution < -0.4 is 10.6 Å². The molecule has 2 rings (SSSR count). The predicted molar refractivity (Wildman–Crippen MR) is 71.8 cm³/mol. The van der Waals surface area contributed by atoms with E-state index in [1.54, 1.807) is 6.07 Å². The van der Waals surface area contributed by atoms with E-state index >= 15 is 0 Å². The van der Waals surface area contributed by atoms with Crippen molar-refractivity contribution in [3.8, 4) is 0 Å². The highest BCUT2D eigenvalue weighted by molar-refractivity contribution is 5.95. The van der Waals surface area contributed by atoms with Crippen molar-refractivity contribution in [3.63, 3.8) is 0 Å². The van der Waals surface area contributed by atoms with E-state index < -0.39 is 11.8 Å². The zero-order valence-electron chi connectivity index (χ0n) is 11.0. The molecule has 1 heterocycles. The van der Waals surface area contributed by atoms with Crippen LogP contribution in [0.4, 0.5) is 10.1 Å². The van der Waals surface area contributed by atoms with Crippen molar-refractivity contribution >= 4 is 11.7 Å². The number of hydrogen-bond acceptors (Lipinski definition) is 4. The molecule has 1 aromatic carbocycles. The Morgan fingerprint density at radius 3 is 2.89 bits per heavy atom. The van der Waals surface area contributed by atoms with Gasteiger partial charge in [0.25, 0.3) is 0 Å². The summed E-state index contributed by atoms with van der Waals surface area (Å²) in [6.07, 6.45) is 2.23. The van der Waals surface area contributed by atoms with Crippen molar-refractivity contribution in [2.75, 3.05) is 32.1 Å². The highest BCUT2D eigenvalue weighted by Crippen LogP contribution is 2.20. The first kappa shape index (κ1) is 13.8. The van der Waals surface area contributed by atoms with Gasteiger partial charge in [0.05, 0.1) is 12.7 Å². The van der Waals surface area contributed by atoms with Crippen LogP contribution in [0.25, 0.3) is 0 Å². The van der Waals surface area contributed by atoms with Gasteiger partial charge in [-0.3, -0.25) is 0 Å². The maximum absolute atomic E-state index is 13.2. The number of carbonyl (C=O) groups is 1. The van der Waals surface area contributed by atoms with Gasteiger partial charge in [-0.25, -0.2) is 9.18 Å². The average Bonchev–Trinajstić information content (AvgIpc) is 2.46. The fourth-order valence-electron chi connectivity index (χ4n) is 2.29. The quantitative estimate of drug-likeness (QED) is 0.819. The molecule has 0 atom stereocenters. The molecule has 1 fully saturated rings. The van der Waals surface area contributed by atoms with Crippen LogP contribution >= 0.6 is 0 Å². The number of nitrogens with one attached hydrogen (secondary N) is 2. The summed E-state index contributed by atoms with van der Waals surface area (Å²) in [6.45, 7) is 2.84. The molecule has 1 aliphatic heterocycles. The Morgan fingerprint density at radius 1 is 1.47 bits per heavy atom. The largest absolute Gasteiger partial charge is 0.465 e. The maximum Gasteiger partial charge on any atom is 0.340 e. The summed E-state index contributed by atoms with van der Waals surface area (Å²) in [4.78, 5) is 11.6. The van der Waals surface area contributed by atoms with E-state index in [-0.39, 0.29) is 5.56 Å². The van der Waals surface area contributed by atoms with E-state index in [0.29, 0.717) is 11.6 Å². The maximum atomic E-state index is 13.2. The molecule has 19 heavy (non-hydrogen) atoms. The molecule has 1 aliphatic rings. The fourth-order valence-corrected chi connectivity index (χ4v) is 2.29. The van der Waals surface area contributed by atoms with E-state index in [9.17, 15) is 9.18 Å². The molecule has 5 heteroatoms. The Kier molecular flexibility index (Phi) is 4.74.